The van der Waals surface area contributed by atoms with Gasteiger partial charge in [-0.05, 0) is 40.8 Å². The van der Waals surface area contributed by atoms with E-state index in [9.17, 15) is 0 Å². The van der Waals surface area contributed by atoms with Gasteiger partial charge in [0.2, 0.25) is 0 Å². The summed E-state index contributed by atoms with van der Waals surface area (Å²) in [7, 11) is 1.90. The second-order valence-electron chi connectivity index (χ2n) is 11.6. The van der Waals surface area contributed by atoms with E-state index in [1.54, 1.807) is 0 Å². The van der Waals surface area contributed by atoms with Crippen LogP contribution < -0.4 is 5.19 Å². The van der Waals surface area contributed by atoms with Crippen molar-refractivity contribution in [3.8, 4) is 22.8 Å². The molecule has 2 atom stereocenters. The van der Waals surface area contributed by atoms with Crippen LogP contribution in [0.1, 0.15) is 36.0 Å². The molecule has 3 nitrogen and oxygen atoms in total. The molecule has 43 heavy (non-hydrogen) atoms. The van der Waals surface area contributed by atoms with E-state index < -0.39 is 9.52 Å². The topological polar surface area (TPSA) is 30.7 Å². The molecule has 0 saturated heterocycles. The number of aryl methyl sites for hydroxylation is 1. The molecule has 0 N–H and O–H groups in total. The van der Waals surface area contributed by atoms with Gasteiger partial charge in [0.15, 0.2) is 11.6 Å². The lowest BCUT2D eigenvalue weighted by Gasteiger charge is -2.11. The van der Waals surface area contributed by atoms with Crippen molar-refractivity contribution in [2.24, 2.45) is 0 Å². The molecular formula is C38H38BN3Si. The molecule has 0 bridgehead atoms. The van der Waals surface area contributed by atoms with Gasteiger partial charge in [0.1, 0.15) is 7.85 Å². The van der Waals surface area contributed by atoms with Crippen molar-refractivity contribution in [2.75, 3.05) is 0 Å². The van der Waals surface area contributed by atoms with Crippen molar-refractivity contribution in [1.82, 2.24) is 14.8 Å². The van der Waals surface area contributed by atoms with E-state index in [0.717, 1.165) is 35.4 Å². The zero-order valence-electron chi connectivity index (χ0n) is 25.1. The van der Waals surface area contributed by atoms with Crippen LogP contribution in [0.5, 0.6) is 0 Å². The van der Waals surface area contributed by atoms with Gasteiger partial charge >= 0.3 is 0 Å². The summed E-state index contributed by atoms with van der Waals surface area (Å²) in [5.41, 5.74) is 6.54. The molecule has 5 aromatic carbocycles. The van der Waals surface area contributed by atoms with Crippen molar-refractivity contribution in [1.29, 1.82) is 0 Å². The minimum atomic E-state index is -0.473. The first-order chi connectivity index (χ1) is 21.1. The summed E-state index contributed by atoms with van der Waals surface area (Å²) in [4.78, 5) is 4.87. The highest BCUT2D eigenvalue weighted by molar-refractivity contribution is 6.52. The zero-order chi connectivity index (χ0) is 29.5. The van der Waals surface area contributed by atoms with Crippen LogP contribution in [0.3, 0.4) is 0 Å². The molecule has 5 heteroatoms. The van der Waals surface area contributed by atoms with Gasteiger partial charge in [0.05, 0.1) is 9.52 Å². The van der Waals surface area contributed by atoms with Crippen molar-refractivity contribution in [3.05, 3.63) is 162 Å². The molecule has 1 aliphatic rings. The molecule has 1 fully saturated rings. The molecule has 6 aromatic rings. The summed E-state index contributed by atoms with van der Waals surface area (Å²) in [6, 6.07) is 51.3. The van der Waals surface area contributed by atoms with Crippen LogP contribution in [0.4, 0.5) is 0 Å². The lowest BCUT2D eigenvalue weighted by Crippen LogP contribution is -2.21. The normalized spacial score (nSPS) is 17.4. The van der Waals surface area contributed by atoms with Gasteiger partial charge in [0, 0.05) is 17.3 Å². The Morgan fingerprint density at radius 2 is 1.35 bits per heavy atom. The predicted octanol–water partition coefficient (Wildman–Crippen LogP) is 6.33. The fraction of sp³-hybridized carbons (Fsp3) is 0.158. The van der Waals surface area contributed by atoms with Crippen molar-refractivity contribution in [3.63, 3.8) is 0 Å². The van der Waals surface area contributed by atoms with E-state index in [-0.39, 0.29) is 0 Å². The number of benzene rings is 5. The smallest absolute Gasteiger partial charge is 0.181 e. The SMILES string of the molecule is BC1(c2ccccc2)CC1c1ccccc1.CCc1cccc([SiH2]Cn2nc(-c3ccccc3)nc2-c2ccccc2)c1. The van der Waals surface area contributed by atoms with E-state index in [1.807, 2.05) is 24.3 Å². The molecule has 1 heterocycles. The summed E-state index contributed by atoms with van der Waals surface area (Å²) in [5, 5.41) is 6.70. The third kappa shape index (κ3) is 6.79. The fourth-order valence-corrected chi connectivity index (χ4v) is 7.41. The molecule has 1 saturated carbocycles. The van der Waals surface area contributed by atoms with Gasteiger partial charge in [-0.3, -0.25) is 0 Å². The summed E-state index contributed by atoms with van der Waals surface area (Å²) < 4.78 is 2.10. The second kappa shape index (κ2) is 13.2. The van der Waals surface area contributed by atoms with Crippen molar-refractivity contribution >= 4 is 22.6 Å². The Bertz CT molecular complexity index is 1740. The van der Waals surface area contributed by atoms with E-state index in [1.165, 1.54) is 28.3 Å². The maximum atomic E-state index is 4.87. The molecule has 1 aliphatic carbocycles. The molecule has 7 rings (SSSR count). The molecule has 0 amide bonds. The third-order valence-corrected chi connectivity index (χ3v) is 10.3. The van der Waals surface area contributed by atoms with Crippen molar-refractivity contribution < 1.29 is 0 Å². The summed E-state index contributed by atoms with van der Waals surface area (Å²) in [5.74, 6) is 2.45. The largest absolute Gasteiger partial charge is 0.248 e. The van der Waals surface area contributed by atoms with Crippen LogP contribution in [0.15, 0.2) is 146 Å². The summed E-state index contributed by atoms with van der Waals surface area (Å²) >= 11 is 0. The molecule has 1 aromatic heterocycles. The molecular weight excluding hydrogens is 537 g/mol. The highest BCUT2D eigenvalue weighted by Gasteiger charge is 2.51. The van der Waals surface area contributed by atoms with Crippen LogP contribution in [0.2, 0.25) is 0 Å². The molecule has 212 valence electrons. The van der Waals surface area contributed by atoms with Crippen LogP contribution in [-0.4, -0.2) is 32.1 Å². The van der Waals surface area contributed by atoms with E-state index in [0.29, 0.717) is 11.2 Å². The second-order valence-corrected chi connectivity index (χ2v) is 13.4. The Morgan fingerprint density at radius 1 is 0.744 bits per heavy atom. The summed E-state index contributed by atoms with van der Waals surface area (Å²) in [6.07, 6.45) is 3.30. The number of hydrogen-bond acceptors (Lipinski definition) is 2. The molecule has 0 spiro atoms. The van der Waals surface area contributed by atoms with E-state index >= 15 is 0 Å². The minimum absolute atomic E-state index is 0.364. The first kappa shape index (κ1) is 28.6. The maximum Gasteiger partial charge on any atom is 0.181 e. The standard InChI is InChI=1S/C23H23N3Si.C15H15B/c1-2-18-10-9-15-21(16-18)27-17-26-23(20-13-7-4-8-14-20)24-22(25-26)19-11-5-3-6-12-19;16-15(13-9-5-2-6-10-13)11-14(15)12-7-3-1-4-8-12/h3-16H,2,17,27H2,1H3;1-10,14H,11,16H2. The number of nitrogens with zero attached hydrogens (tertiary/aromatic N) is 3. The maximum absolute atomic E-state index is 4.87. The molecule has 0 radical (unpaired) electrons. The first-order valence-corrected chi connectivity index (χ1v) is 17.1. The highest BCUT2D eigenvalue weighted by atomic mass is 28.2. The Morgan fingerprint density at radius 3 is 2.00 bits per heavy atom. The average molecular weight is 576 g/mol. The Hall–Kier alpha value is -4.48. The number of hydrogen-bond donors (Lipinski definition) is 0. The Balaban J connectivity index is 0.000000174. The number of rotatable bonds is 8. The zero-order valence-corrected chi connectivity index (χ0v) is 26.5. The van der Waals surface area contributed by atoms with Crippen LogP contribution >= 0.6 is 0 Å². The first-order valence-electron chi connectivity index (χ1n) is 15.4. The lowest BCUT2D eigenvalue weighted by molar-refractivity contribution is 0.749. The van der Waals surface area contributed by atoms with Crippen LogP contribution in [-0.2, 0) is 17.9 Å². The van der Waals surface area contributed by atoms with E-state index in [2.05, 4.69) is 141 Å². The van der Waals surface area contributed by atoms with Gasteiger partial charge in [0.25, 0.3) is 0 Å². The van der Waals surface area contributed by atoms with Gasteiger partial charge < -0.3 is 0 Å². The van der Waals surface area contributed by atoms with Gasteiger partial charge in [-0.2, -0.15) is 5.10 Å². The quantitative estimate of drug-likeness (QED) is 0.199. The van der Waals surface area contributed by atoms with Gasteiger partial charge in [-0.25, -0.2) is 9.67 Å². The Kier molecular flexibility index (Phi) is 8.80. The lowest BCUT2D eigenvalue weighted by atomic mass is 9.74. The van der Waals surface area contributed by atoms with Gasteiger partial charge in [-0.15, -0.1) is 0 Å². The predicted molar refractivity (Wildman–Crippen MR) is 185 cm³/mol. The third-order valence-electron chi connectivity index (χ3n) is 8.62. The van der Waals surface area contributed by atoms with E-state index in [4.69, 9.17) is 10.1 Å². The number of aromatic nitrogens is 3. The molecule has 0 aliphatic heterocycles. The van der Waals surface area contributed by atoms with Crippen LogP contribution in [0.25, 0.3) is 22.8 Å². The highest BCUT2D eigenvalue weighted by Crippen LogP contribution is 2.57. The minimum Gasteiger partial charge on any atom is -0.248 e. The van der Waals surface area contributed by atoms with Crippen molar-refractivity contribution in [2.45, 2.75) is 37.2 Å². The van der Waals surface area contributed by atoms with Crippen LogP contribution in [0, 0.1) is 0 Å². The monoisotopic (exact) mass is 575 g/mol. The Labute approximate surface area is 258 Å². The van der Waals surface area contributed by atoms with Gasteiger partial charge in [-0.1, -0.05) is 158 Å². The fourth-order valence-electron chi connectivity index (χ4n) is 5.92. The average Bonchev–Trinajstić information content (AvgIpc) is 3.61. The molecule has 2 unspecified atom stereocenters. The summed E-state index contributed by atoms with van der Waals surface area (Å²) in [6.45, 7) is 2.21.